The van der Waals surface area contributed by atoms with E-state index in [1.807, 2.05) is 18.2 Å². The molecule has 1 saturated heterocycles. The third kappa shape index (κ3) is 3.02. The molecule has 0 aliphatic carbocycles. The van der Waals surface area contributed by atoms with Crippen LogP contribution in [0.2, 0.25) is 0 Å². The Balaban J connectivity index is 1.62. The first-order chi connectivity index (χ1) is 9.83. The molecule has 1 atom stereocenters. The number of hydrogen-bond donors (Lipinski definition) is 1. The average Bonchev–Trinajstić information content (AvgIpc) is 3.17. The first-order valence-corrected chi connectivity index (χ1v) is 7.47. The average molecular weight is 289 g/mol. The van der Waals surface area contributed by atoms with E-state index < -0.39 is 0 Å². The summed E-state index contributed by atoms with van der Waals surface area (Å²) in [6.07, 6.45) is 3.94. The molecule has 1 aliphatic rings. The van der Waals surface area contributed by atoms with Gasteiger partial charge in [-0.2, -0.15) is 0 Å². The number of nitrogens with one attached hydrogen (secondary N) is 1. The van der Waals surface area contributed by atoms with Crippen molar-refractivity contribution in [2.75, 3.05) is 13.2 Å². The molecule has 3 heterocycles. The van der Waals surface area contributed by atoms with Gasteiger partial charge in [-0.1, -0.05) is 6.07 Å². The van der Waals surface area contributed by atoms with Gasteiger partial charge in [0, 0.05) is 24.7 Å². The highest BCUT2D eigenvalue weighted by Gasteiger charge is 2.18. The fourth-order valence-electron chi connectivity index (χ4n) is 2.09. The van der Waals surface area contributed by atoms with Crippen LogP contribution in [0.15, 0.2) is 29.8 Å². The van der Waals surface area contributed by atoms with Gasteiger partial charge in [-0.05, 0) is 25.0 Å². The van der Waals surface area contributed by atoms with E-state index in [-0.39, 0.29) is 12.0 Å². The minimum absolute atomic E-state index is 0.146. The topological polar surface area (TPSA) is 64.1 Å². The third-order valence-electron chi connectivity index (χ3n) is 3.14. The van der Waals surface area contributed by atoms with Crippen molar-refractivity contribution in [3.05, 3.63) is 35.5 Å². The van der Waals surface area contributed by atoms with Gasteiger partial charge in [0.25, 0.3) is 5.91 Å². The van der Waals surface area contributed by atoms with Gasteiger partial charge in [0.15, 0.2) is 0 Å². The lowest BCUT2D eigenvalue weighted by Gasteiger charge is -2.09. The van der Waals surface area contributed by atoms with Crippen molar-refractivity contribution < 1.29 is 9.53 Å². The molecule has 104 valence electrons. The Hall–Kier alpha value is -1.79. The van der Waals surface area contributed by atoms with E-state index in [2.05, 4.69) is 15.3 Å². The zero-order chi connectivity index (χ0) is 13.8. The molecule has 6 heteroatoms. The summed E-state index contributed by atoms with van der Waals surface area (Å²) < 4.78 is 5.47. The van der Waals surface area contributed by atoms with Gasteiger partial charge in [-0.25, -0.2) is 4.98 Å². The summed E-state index contributed by atoms with van der Waals surface area (Å²) in [4.78, 5) is 20.6. The predicted octanol–water partition coefficient (Wildman–Crippen LogP) is 2.11. The highest BCUT2D eigenvalue weighted by molar-refractivity contribution is 7.13. The number of carbonyl (C=O) groups is 1. The van der Waals surface area contributed by atoms with Crippen LogP contribution in [0.4, 0.5) is 0 Å². The number of thiazole rings is 1. The second-order valence-electron chi connectivity index (χ2n) is 4.60. The first-order valence-electron chi connectivity index (χ1n) is 6.59. The minimum Gasteiger partial charge on any atom is -0.376 e. The van der Waals surface area contributed by atoms with E-state index in [1.54, 1.807) is 11.6 Å². The summed E-state index contributed by atoms with van der Waals surface area (Å²) in [6.45, 7) is 1.34. The van der Waals surface area contributed by atoms with Crippen molar-refractivity contribution in [3.8, 4) is 10.7 Å². The predicted molar refractivity (Wildman–Crippen MR) is 76.7 cm³/mol. The van der Waals surface area contributed by atoms with Crippen LogP contribution in [-0.2, 0) is 4.74 Å². The molecule has 0 spiro atoms. The lowest BCUT2D eigenvalue weighted by Crippen LogP contribution is -2.31. The van der Waals surface area contributed by atoms with Crippen LogP contribution in [0.25, 0.3) is 10.7 Å². The van der Waals surface area contributed by atoms with Crippen molar-refractivity contribution in [1.29, 1.82) is 0 Å². The van der Waals surface area contributed by atoms with Crippen molar-refractivity contribution in [2.24, 2.45) is 0 Å². The van der Waals surface area contributed by atoms with E-state index in [4.69, 9.17) is 4.74 Å². The van der Waals surface area contributed by atoms with Crippen LogP contribution in [-0.4, -0.2) is 35.1 Å². The molecular weight excluding hydrogens is 274 g/mol. The summed E-state index contributed by atoms with van der Waals surface area (Å²) in [5, 5.41) is 5.38. The standard InChI is InChI=1S/C14H15N3O2S/c18-13(16-8-10-4-3-7-19-10)12-9-20-14(17-12)11-5-1-2-6-15-11/h1-2,5-6,9-10H,3-4,7-8H2,(H,16,18). The Morgan fingerprint density at radius 2 is 2.45 bits per heavy atom. The summed E-state index contributed by atoms with van der Waals surface area (Å²) in [6, 6.07) is 5.64. The molecule has 1 unspecified atom stereocenters. The molecule has 5 nitrogen and oxygen atoms in total. The van der Waals surface area contributed by atoms with Crippen LogP contribution >= 0.6 is 11.3 Å². The lowest BCUT2D eigenvalue weighted by atomic mass is 10.2. The Morgan fingerprint density at radius 3 is 3.20 bits per heavy atom. The van der Waals surface area contributed by atoms with E-state index in [1.165, 1.54) is 11.3 Å². The molecule has 2 aromatic heterocycles. The number of rotatable bonds is 4. The molecule has 0 aromatic carbocycles. The fraction of sp³-hybridized carbons (Fsp3) is 0.357. The van der Waals surface area contributed by atoms with Crippen molar-refractivity contribution in [3.63, 3.8) is 0 Å². The third-order valence-corrected chi connectivity index (χ3v) is 4.00. The van der Waals surface area contributed by atoms with Crippen LogP contribution in [0.3, 0.4) is 0 Å². The smallest absolute Gasteiger partial charge is 0.270 e. The van der Waals surface area contributed by atoms with Gasteiger partial charge in [-0.3, -0.25) is 9.78 Å². The SMILES string of the molecule is O=C(NCC1CCCO1)c1csc(-c2ccccn2)n1. The van der Waals surface area contributed by atoms with Crippen LogP contribution in [0, 0.1) is 0 Å². The maximum absolute atomic E-state index is 12.0. The largest absolute Gasteiger partial charge is 0.376 e. The molecule has 1 amide bonds. The molecule has 1 fully saturated rings. The molecule has 2 aromatic rings. The monoisotopic (exact) mass is 289 g/mol. The number of aromatic nitrogens is 2. The maximum atomic E-state index is 12.0. The van der Waals surface area contributed by atoms with Gasteiger partial charge >= 0.3 is 0 Å². The highest BCUT2D eigenvalue weighted by atomic mass is 32.1. The van der Waals surface area contributed by atoms with E-state index >= 15 is 0 Å². The summed E-state index contributed by atoms with van der Waals surface area (Å²) in [7, 11) is 0. The van der Waals surface area contributed by atoms with Gasteiger partial charge in [0.05, 0.1) is 11.8 Å². The minimum atomic E-state index is -0.154. The normalized spacial score (nSPS) is 18.1. The number of pyridine rings is 1. The van der Waals surface area contributed by atoms with Crippen LogP contribution < -0.4 is 5.32 Å². The summed E-state index contributed by atoms with van der Waals surface area (Å²) >= 11 is 1.42. The zero-order valence-electron chi connectivity index (χ0n) is 10.9. The quantitative estimate of drug-likeness (QED) is 0.936. The molecule has 3 rings (SSSR count). The van der Waals surface area contributed by atoms with E-state index in [0.29, 0.717) is 12.2 Å². The van der Waals surface area contributed by atoms with Crippen LogP contribution in [0.5, 0.6) is 0 Å². The number of hydrogen-bond acceptors (Lipinski definition) is 5. The number of ether oxygens (including phenoxy) is 1. The van der Waals surface area contributed by atoms with Crippen molar-refractivity contribution in [1.82, 2.24) is 15.3 Å². The van der Waals surface area contributed by atoms with Gasteiger partial charge in [0.1, 0.15) is 10.7 Å². The van der Waals surface area contributed by atoms with Crippen molar-refractivity contribution in [2.45, 2.75) is 18.9 Å². The number of amides is 1. The molecule has 1 N–H and O–H groups in total. The Bertz CT molecular complexity index is 579. The molecule has 20 heavy (non-hydrogen) atoms. The van der Waals surface area contributed by atoms with Gasteiger partial charge in [-0.15, -0.1) is 11.3 Å². The lowest BCUT2D eigenvalue weighted by molar-refractivity contribution is 0.0854. The number of nitrogens with zero attached hydrogens (tertiary/aromatic N) is 2. The Kier molecular flexibility index (Phi) is 4.03. The fourth-order valence-corrected chi connectivity index (χ4v) is 2.86. The second-order valence-corrected chi connectivity index (χ2v) is 5.46. The highest BCUT2D eigenvalue weighted by Crippen LogP contribution is 2.21. The molecular formula is C14H15N3O2S. The Morgan fingerprint density at radius 1 is 1.50 bits per heavy atom. The number of carbonyl (C=O) groups excluding carboxylic acids is 1. The molecule has 0 radical (unpaired) electrons. The van der Waals surface area contributed by atoms with Gasteiger partial charge in [0.2, 0.25) is 0 Å². The van der Waals surface area contributed by atoms with Crippen molar-refractivity contribution >= 4 is 17.2 Å². The zero-order valence-corrected chi connectivity index (χ0v) is 11.7. The summed E-state index contributed by atoms with van der Waals surface area (Å²) in [5.41, 5.74) is 1.23. The molecule has 1 aliphatic heterocycles. The molecule has 0 saturated carbocycles. The Labute approximate surface area is 121 Å². The maximum Gasteiger partial charge on any atom is 0.270 e. The first kappa shape index (κ1) is 13.2. The van der Waals surface area contributed by atoms with E-state index in [9.17, 15) is 4.79 Å². The van der Waals surface area contributed by atoms with Gasteiger partial charge < -0.3 is 10.1 Å². The van der Waals surface area contributed by atoms with Crippen LogP contribution in [0.1, 0.15) is 23.3 Å². The van der Waals surface area contributed by atoms with E-state index in [0.717, 1.165) is 30.2 Å². The summed E-state index contributed by atoms with van der Waals surface area (Å²) in [5.74, 6) is -0.154. The second kappa shape index (κ2) is 6.11. The molecule has 0 bridgehead atoms.